The molecule has 20 heavy (non-hydrogen) atoms. The van der Waals surface area contributed by atoms with E-state index >= 15 is 0 Å². The van der Waals surface area contributed by atoms with Gasteiger partial charge in [0.05, 0.1) is 13.7 Å². The fraction of sp³-hybridized carbons (Fsp3) is 0.188. The van der Waals surface area contributed by atoms with Crippen LogP contribution in [0.25, 0.3) is 11.1 Å². The Kier molecular flexibility index (Phi) is 5.18. The van der Waals surface area contributed by atoms with Gasteiger partial charge in [-0.1, -0.05) is 46.3 Å². The molecule has 0 atom stereocenters. The van der Waals surface area contributed by atoms with Crippen LogP contribution in [-0.4, -0.2) is 25.3 Å². The summed E-state index contributed by atoms with van der Waals surface area (Å²) >= 11 is 3.34. The van der Waals surface area contributed by atoms with Crippen molar-refractivity contribution in [3.05, 3.63) is 48.0 Å². The molecule has 0 spiro atoms. The standard InChI is InChI=1S/C16H15BrO3/c1-19-15-10-12(11-18)9-14(16(15)20-8-7-17)13-5-3-2-4-6-13/h2-6,9-11H,7-8H2,1H3. The van der Waals surface area contributed by atoms with E-state index in [-0.39, 0.29) is 0 Å². The van der Waals surface area contributed by atoms with Gasteiger partial charge in [-0.15, -0.1) is 0 Å². The number of aldehydes is 1. The van der Waals surface area contributed by atoms with E-state index in [2.05, 4.69) is 15.9 Å². The van der Waals surface area contributed by atoms with Crippen LogP contribution in [0.5, 0.6) is 11.5 Å². The molecule has 0 radical (unpaired) electrons. The van der Waals surface area contributed by atoms with Crippen molar-refractivity contribution < 1.29 is 14.3 Å². The number of methoxy groups -OCH3 is 1. The predicted molar refractivity (Wildman–Crippen MR) is 83.1 cm³/mol. The molecule has 2 rings (SSSR count). The van der Waals surface area contributed by atoms with Crippen LogP contribution in [0.4, 0.5) is 0 Å². The van der Waals surface area contributed by atoms with E-state index in [0.717, 1.165) is 22.7 Å². The third-order valence-electron chi connectivity index (χ3n) is 2.84. The normalized spacial score (nSPS) is 10.1. The van der Waals surface area contributed by atoms with Gasteiger partial charge in [0, 0.05) is 16.5 Å². The van der Waals surface area contributed by atoms with Gasteiger partial charge in [0.25, 0.3) is 0 Å². The SMILES string of the molecule is COc1cc(C=O)cc(-c2ccccc2)c1OCCBr. The summed E-state index contributed by atoms with van der Waals surface area (Å²) in [5.41, 5.74) is 2.40. The van der Waals surface area contributed by atoms with Crippen LogP contribution in [0.2, 0.25) is 0 Å². The Bertz CT molecular complexity index is 582. The highest BCUT2D eigenvalue weighted by Gasteiger charge is 2.14. The number of ether oxygens (including phenoxy) is 2. The first-order valence-electron chi connectivity index (χ1n) is 6.21. The van der Waals surface area contributed by atoms with Crippen LogP contribution >= 0.6 is 15.9 Å². The smallest absolute Gasteiger partial charge is 0.169 e. The third-order valence-corrected chi connectivity index (χ3v) is 3.17. The lowest BCUT2D eigenvalue weighted by atomic mass is 10.0. The minimum atomic E-state index is 0.524. The molecule has 0 bridgehead atoms. The maximum absolute atomic E-state index is 11.1. The number of hydrogen-bond acceptors (Lipinski definition) is 3. The monoisotopic (exact) mass is 334 g/mol. The molecule has 2 aromatic carbocycles. The number of benzene rings is 2. The highest BCUT2D eigenvalue weighted by atomic mass is 79.9. The molecule has 0 N–H and O–H groups in total. The fourth-order valence-electron chi connectivity index (χ4n) is 1.96. The zero-order chi connectivity index (χ0) is 14.4. The van der Waals surface area contributed by atoms with Gasteiger partial charge in [0.15, 0.2) is 11.5 Å². The minimum absolute atomic E-state index is 0.524. The molecule has 3 nitrogen and oxygen atoms in total. The molecule has 4 heteroatoms. The molecule has 0 aromatic heterocycles. The molecule has 2 aromatic rings. The molecule has 0 aliphatic rings. The highest BCUT2D eigenvalue weighted by molar-refractivity contribution is 9.09. The van der Waals surface area contributed by atoms with Gasteiger partial charge in [-0.05, 0) is 17.7 Å². The quantitative estimate of drug-likeness (QED) is 0.592. The van der Waals surface area contributed by atoms with Gasteiger partial charge >= 0.3 is 0 Å². The predicted octanol–water partition coefficient (Wildman–Crippen LogP) is 3.95. The first-order valence-corrected chi connectivity index (χ1v) is 7.33. The van der Waals surface area contributed by atoms with Gasteiger partial charge in [-0.2, -0.15) is 0 Å². The van der Waals surface area contributed by atoms with Crippen molar-refractivity contribution in [2.24, 2.45) is 0 Å². The molecular formula is C16H15BrO3. The van der Waals surface area contributed by atoms with E-state index in [0.29, 0.717) is 23.7 Å². The van der Waals surface area contributed by atoms with Crippen molar-refractivity contribution >= 4 is 22.2 Å². The maximum atomic E-state index is 11.1. The van der Waals surface area contributed by atoms with Crippen LogP contribution in [0.3, 0.4) is 0 Å². The first-order chi connectivity index (χ1) is 9.80. The van der Waals surface area contributed by atoms with E-state index < -0.39 is 0 Å². The van der Waals surface area contributed by atoms with E-state index in [4.69, 9.17) is 9.47 Å². The van der Waals surface area contributed by atoms with Crippen LogP contribution in [-0.2, 0) is 0 Å². The summed E-state index contributed by atoms with van der Waals surface area (Å²) in [7, 11) is 1.57. The summed E-state index contributed by atoms with van der Waals surface area (Å²) in [6, 6.07) is 13.3. The van der Waals surface area contributed by atoms with Crippen molar-refractivity contribution in [1.82, 2.24) is 0 Å². The van der Waals surface area contributed by atoms with Gasteiger partial charge < -0.3 is 9.47 Å². The second-order valence-electron chi connectivity index (χ2n) is 4.12. The maximum Gasteiger partial charge on any atom is 0.169 e. The van der Waals surface area contributed by atoms with Gasteiger partial charge in [-0.3, -0.25) is 4.79 Å². The summed E-state index contributed by atoms with van der Waals surface area (Å²) in [6.45, 7) is 0.524. The van der Waals surface area contributed by atoms with E-state index in [1.54, 1.807) is 13.2 Å². The van der Waals surface area contributed by atoms with E-state index in [1.807, 2.05) is 36.4 Å². The van der Waals surface area contributed by atoms with Crippen molar-refractivity contribution in [2.45, 2.75) is 0 Å². The summed E-state index contributed by atoms with van der Waals surface area (Å²) in [5, 5.41) is 0.722. The van der Waals surface area contributed by atoms with E-state index in [1.165, 1.54) is 0 Å². The Hall–Kier alpha value is -1.81. The minimum Gasteiger partial charge on any atom is -0.493 e. The summed E-state index contributed by atoms with van der Waals surface area (Å²) in [6.07, 6.45) is 0.809. The second kappa shape index (κ2) is 7.10. The topological polar surface area (TPSA) is 35.5 Å². The van der Waals surface area contributed by atoms with Crippen LogP contribution in [0.15, 0.2) is 42.5 Å². The molecule has 0 fully saturated rings. The molecule has 0 saturated heterocycles. The van der Waals surface area contributed by atoms with Gasteiger partial charge in [-0.25, -0.2) is 0 Å². The molecule has 0 saturated carbocycles. The van der Waals surface area contributed by atoms with Crippen molar-refractivity contribution in [1.29, 1.82) is 0 Å². The first kappa shape index (κ1) is 14.6. The Morgan fingerprint density at radius 3 is 2.55 bits per heavy atom. The Balaban J connectivity index is 2.58. The Morgan fingerprint density at radius 2 is 1.95 bits per heavy atom. The number of carbonyl (C=O) groups is 1. The lowest BCUT2D eigenvalue weighted by Gasteiger charge is -2.15. The lowest BCUT2D eigenvalue weighted by Crippen LogP contribution is -2.02. The number of hydrogen-bond donors (Lipinski definition) is 0. The van der Waals surface area contributed by atoms with Crippen molar-refractivity contribution in [3.63, 3.8) is 0 Å². The zero-order valence-corrected chi connectivity index (χ0v) is 12.7. The molecule has 0 amide bonds. The molecule has 104 valence electrons. The fourth-order valence-corrected chi connectivity index (χ4v) is 2.13. The summed E-state index contributed by atoms with van der Waals surface area (Å²) in [5.74, 6) is 1.22. The van der Waals surface area contributed by atoms with Crippen molar-refractivity contribution in [3.8, 4) is 22.6 Å². The van der Waals surface area contributed by atoms with Gasteiger partial charge in [0.1, 0.15) is 6.29 Å². The summed E-state index contributed by atoms with van der Waals surface area (Å²) in [4.78, 5) is 11.1. The van der Waals surface area contributed by atoms with Crippen LogP contribution in [0.1, 0.15) is 10.4 Å². The summed E-state index contributed by atoms with van der Waals surface area (Å²) < 4.78 is 11.1. The molecular weight excluding hydrogens is 320 g/mol. The van der Waals surface area contributed by atoms with E-state index in [9.17, 15) is 4.79 Å². The second-order valence-corrected chi connectivity index (χ2v) is 4.91. The molecule has 0 aliphatic carbocycles. The number of rotatable bonds is 6. The number of carbonyl (C=O) groups excluding carboxylic acids is 1. The average molecular weight is 335 g/mol. The molecule has 0 heterocycles. The third kappa shape index (κ3) is 3.20. The average Bonchev–Trinajstić information content (AvgIpc) is 2.52. The Labute approximate surface area is 126 Å². The number of alkyl halides is 1. The lowest BCUT2D eigenvalue weighted by molar-refractivity contribution is 0.112. The highest BCUT2D eigenvalue weighted by Crippen LogP contribution is 2.39. The molecule has 0 aliphatic heterocycles. The van der Waals surface area contributed by atoms with Crippen LogP contribution in [0, 0.1) is 0 Å². The number of halogens is 1. The largest absolute Gasteiger partial charge is 0.493 e. The zero-order valence-electron chi connectivity index (χ0n) is 11.1. The van der Waals surface area contributed by atoms with Gasteiger partial charge in [0.2, 0.25) is 0 Å². The van der Waals surface area contributed by atoms with Crippen molar-refractivity contribution in [2.75, 3.05) is 19.0 Å². The Morgan fingerprint density at radius 1 is 1.20 bits per heavy atom. The molecule has 0 unspecified atom stereocenters. The van der Waals surface area contributed by atoms with Crippen LogP contribution < -0.4 is 9.47 Å².